The molecule has 0 aliphatic carbocycles. The fraction of sp³-hybridized carbons (Fsp3) is 0.364. The number of anilines is 1. The van der Waals surface area contributed by atoms with Crippen LogP contribution >= 0.6 is 0 Å². The Hall–Kier alpha value is -1.35. The first-order chi connectivity index (χ1) is 6.72. The van der Waals surface area contributed by atoms with Gasteiger partial charge >= 0.3 is 0 Å². The number of hydrogen-bond donors (Lipinski definition) is 1. The Morgan fingerprint density at radius 1 is 1.50 bits per heavy atom. The standard InChI is InChI=1S/C11H15NO2/c1-3-12(8-14)11-6-9(2)4-5-10(11)7-13/h4-6,8,13H,3,7H2,1-2H3. The maximum atomic E-state index is 10.8. The summed E-state index contributed by atoms with van der Waals surface area (Å²) in [6, 6.07) is 5.67. The molecule has 0 fully saturated rings. The van der Waals surface area contributed by atoms with Gasteiger partial charge in [-0.15, -0.1) is 0 Å². The molecular formula is C11H15NO2. The van der Waals surface area contributed by atoms with Gasteiger partial charge in [-0.2, -0.15) is 0 Å². The summed E-state index contributed by atoms with van der Waals surface area (Å²) in [6.07, 6.45) is 0.786. The Morgan fingerprint density at radius 2 is 2.21 bits per heavy atom. The summed E-state index contributed by atoms with van der Waals surface area (Å²) in [5, 5.41) is 9.11. The summed E-state index contributed by atoms with van der Waals surface area (Å²) < 4.78 is 0. The predicted octanol–water partition coefficient (Wildman–Crippen LogP) is 1.47. The quantitative estimate of drug-likeness (QED) is 0.735. The van der Waals surface area contributed by atoms with Gasteiger partial charge in [-0.05, 0) is 25.5 Å². The van der Waals surface area contributed by atoms with Gasteiger partial charge in [0, 0.05) is 17.8 Å². The van der Waals surface area contributed by atoms with E-state index in [-0.39, 0.29) is 6.61 Å². The average molecular weight is 193 g/mol. The van der Waals surface area contributed by atoms with Crippen molar-refractivity contribution in [1.82, 2.24) is 0 Å². The average Bonchev–Trinajstić information content (AvgIpc) is 2.20. The van der Waals surface area contributed by atoms with E-state index in [1.54, 1.807) is 4.90 Å². The second-order valence-electron chi connectivity index (χ2n) is 3.18. The summed E-state index contributed by atoms with van der Waals surface area (Å²) in [5.41, 5.74) is 2.66. The minimum absolute atomic E-state index is 0.0417. The Bertz CT molecular complexity index is 323. The summed E-state index contributed by atoms with van der Waals surface area (Å²) in [4.78, 5) is 12.3. The highest BCUT2D eigenvalue weighted by molar-refractivity contribution is 5.77. The van der Waals surface area contributed by atoms with Crippen molar-refractivity contribution in [3.63, 3.8) is 0 Å². The summed E-state index contributed by atoms with van der Waals surface area (Å²) in [7, 11) is 0. The van der Waals surface area contributed by atoms with E-state index < -0.39 is 0 Å². The van der Waals surface area contributed by atoms with Crippen LogP contribution in [0, 0.1) is 6.92 Å². The molecule has 1 amide bonds. The van der Waals surface area contributed by atoms with Crippen LogP contribution in [0.1, 0.15) is 18.1 Å². The lowest BCUT2D eigenvalue weighted by atomic mass is 10.1. The fourth-order valence-electron chi connectivity index (χ4n) is 1.38. The number of aryl methyl sites for hydroxylation is 1. The second-order valence-corrected chi connectivity index (χ2v) is 3.18. The van der Waals surface area contributed by atoms with E-state index in [9.17, 15) is 4.79 Å². The lowest BCUT2D eigenvalue weighted by Gasteiger charge is -2.18. The van der Waals surface area contributed by atoms with Gasteiger partial charge < -0.3 is 10.0 Å². The molecule has 0 saturated heterocycles. The number of nitrogens with zero attached hydrogens (tertiary/aromatic N) is 1. The maximum Gasteiger partial charge on any atom is 0.214 e. The Morgan fingerprint density at radius 3 is 2.71 bits per heavy atom. The Kier molecular flexibility index (Phi) is 3.65. The van der Waals surface area contributed by atoms with E-state index in [0.717, 1.165) is 23.2 Å². The number of rotatable bonds is 4. The maximum absolute atomic E-state index is 10.8. The molecule has 0 aliphatic heterocycles. The lowest BCUT2D eigenvalue weighted by Crippen LogP contribution is -2.21. The van der Waals surface area contributed by atoms with Crippen LogP contribution in [0.5, 0.6) is 0 Å². The third-order valence-electron chi connectivity index (χ3n) is 2.19. The molecule has 0 saturated carbocycles. The minimum Gasteiger partial charge on any atom is -0.392 e. The number of amides is 1. The summed E-state index contributed by atoms with van der Waals surface area (Å²) >= 11 is 0. The van der Waals surface area contributed by atoms with Crippen LogP contribution < -0.4 is 4.90 Å². The zero-order valence-corrected chi connectivity index (χ0v) is 8.53. The molecule has 0 heterocycles. The topological polar surface area (TPSA) is 40.5 Å². The van der Waals surface area contributed by atoms with Crippen molar-refractivity contribution in [2.75, 3.05) is 11.4 Å². The van der Waals surface area contributed by atoms with Gasteiger partial charge in [0.1, 0.15) is 0 Å². The zero-order valence-electron chi connectivity index (χ0n) is 8.53. The van der Waals surface area contributed by atoms with Gasteiger partial charge in [-0.1, -0.05) is 12.1 Å². The van der Waals surface area contributed by atoms with E-state index in [0.29, 0.717) is 6.54 Å². The largest absolute Gasteiger partial charge is 0.392 e. The molecule has 0 bridgehead atoms. The number of aliphatic hydroxyl groups excluding tert-OH is 1. The van der Waals surface area contributed by atoms with E-state index in [4.69, 9.17) is 5.11 Å². The van der Waals surface area contributed by atoms with Crippen LogP contribution in [0.4, 0.5) is 5.69 Å². The van der Waals surface area contributed by atoms with E-state index in [2.05, 4.69) is 0 Å². The van der Waals surface area contributed by atoms with Crippen molar-refractivity contribution in [3.05, 3.63) is 29.3 Å². The number of benzene rings is 1. The first-order valence-corrected chi connectivity index (χ1v) is 4.65. The highest BCUT2D eigenvalue weighted by Gasteiger charge is 2.07. The monoisotopic (exact) mass is 193 g/mol. The number of carbonyl (C=O) groups is 1. The van der Waals surface area contributed by atoms with E-state index in [1.165, 1.54) is 0 Å². The van der Waals surface area contributed by atoms with Crippen molar-refractivity contribution in [1.29, 1.82) is 0 Å². The van der Waals surface area contributed by atoms with Gasteiger partial charge in [0.25, 0.3) is 0 Å². The van der Waals surface area contributed by atoms with E-state index >= 15 is 0 Å². The van der Waals surface area contributed by atoms with Gasteiger partial charge in [0.2, 0.25) is 6.41 Å². The molecular weight excluding hydrogens is 178 g/mol. The molecule has 0 unspecified atom stereocenters. The van der Waals surface area contributed by atoms with Crippen molar-refractivity contribution in [2.45, 2.75) is 20.5 Å². The van der Waals surface area contributed by atoms with Crippen LogP contribution in [-0.4, -0.2) is 18.1 Å². The Labute approximate surface area is 84.0 Å². The molecule has 1 rings (SSSR count). The van der Waals surface area contributed by atoms with Gasteiger partial charge in [0.05, 0.1) is 6.61 Å². The van der Waals surface area contributed by atoms with Crippen LogP contribution in [0.2, 0.25) is 0 Å². The van der Waals surface area contributed by atoms with Gasteiger partial charge in [0.15, 0.2) is 0 Å². The van der Waals surface area contributed by atoms with Crippen LogP contribution in [0.15, 0.2) is 18.2 Å². The molecule has 0 aromatic heterocycles. The predicted molar refractivity (Wildman–Crippen MR) is 56.2 cm³/mol. The molecule has 0 aliphatic rings. The van der Waals surface area contributed by atoms with Crippen molar-refractivity contribution < 1.29 is 9.90 Å². The summed E-state index contributed by atoms with van der Waals surface area (Å²) in [6.45, 7) is 4.43. The number of carbonyl (C=O) groups excluding carboxylic acids is 1. The van der Waals surface area contributed by atoms with Crippen molar-refractivity contribution in [3.8, 4) is 0 Å². The van der Waals surface area contributed by atoms with Crippen molar-refractivity contribution in [2.24, 2.45) is 0 Å². The van der Waals surface area contributed by atoms with Crippen LogP contribution in [0.3, 0.4) is 0 Å². The third kappa shape index (κ3) is 2.12. The highest BCUT2D eigenvalue weighted by atomic mass is 16.3. The van der Waals surface area contributed by atoms with Crippen LogP contribution in [-0.2, 0) is 11.4 Å². The minimum atomic E-state index is -0.0417. The molecule has 0 spiro atoms. The normalized spacial score (nSPS) is 9.93. The lowest BCUT2D eigenvalue weighted by molar-refractivity contribution is -0.107. The molecule has 14 heavy (non-hydrogen) atoms. The SMILES string of the molecule is CCN(C=O)c1cc(C)ccc1CO. The first-order valence-electron chi connectivity index (χ1n) is 4.65. The first kappa shape index (κ1) is 10.7. The third-order valence-corrected chi connectivity index (χ3v) is 2.19. The molecule has 1 N–H and O–H groups in total. The Balaban J connectivity index is 3.14. The molecule has 3 nitrogen and oxygen atoms in total. The zero-order chi connectivity index (χ0) is 10.6. The number of hydrogen-bond acceptors (Lipinski definition) is 2. The van der Waals surface area contributed by atoms with Crippen molar-refractivity contribution >= 4 is 12.1 Å². The molecule has 1 aromatic rings. The molecule has 1 aromatic carbocycles. The van der Waals surface area contributed by atoms with E-state index in [1.807, 2.05) is 32.0 Å². The second kappa shape index (κ2) is 4.77. The number of aliphatic hydroxyl groups is 1. The molecule has 3 heteroatoms. The molecule has 0 radical (unpaired) electrons. The summed E-state index contributed by atoms with van der Waals surface area (Å²) in [5.74, 6) is 0. The van der Waals surface area contributed by atoms with Crippen LogP contribution in [0.25, 0.3) is 0 Å². The highest BCUT2D eigenvalue weighted by Crippen LogP contribution is 2.21. The van der Waals surface area contributed by atoms with Gasteiger partial charge in [-0.3, -0.25) is 4.79 Å². The smallest absolute Gasteiger partial charge is 0.214 e. The molecule has 76 valence electrons. The van der Waals surface area contributed by atoms with Gasteiger partial charge in [-0.25, -0.2) is 0 Å². The molecule has 0 atom stereocenters. The fourth-order valence-corrected chi connectivity index (χ4v) is 1.38.